The van der Waals surface area contributed by atoms with Crippen LogP contribution >= 0.6 is 0 Å². The first-order valence-corrected chi connectivity index (χ1v) is 10.6. The second-order valence-electron chi connectivity index (χ2n) is 7.47. The van der Waals surface area contributed by atoms with Crippen LogP contribution in [0.3, 0.4) is 0 Å². The number of hydrogen-bond donors (Lipinski definition) is 2. The third-order valence-electron chi connectivity index (χ3n) is 5.12. The van der Waals surface area contributed by atoms with Gasteiger partial charge in [0, 0.05) is 24.3 Å². The molecular weight excluding hydrogens is 448 g/mol. The number of benzene rings is 1. The molecule has 0 fully saturated rings. The summed E-state index contributed by atoms with van der Waals surface area (Å²) in [6.45, 7) is 8.11. The maximum absolute atomic E-state index is 13.0. The molecule has 10 heteroatoms. The number of nitrogens with zero attached hydrogens (tertiary/aromatic N) is 4. The SMILES string of the molecule is C=CCN(CC=C)C(=O)c1ccc(NC(=O)c2cc(-c3ccco3)n3cnc(C(N)=O)c3n2)cc1. The summed E-state index contributed by atoms with van der Waals surface area (Å²) < 4.78 is 6.99. The molecule has 3 heterocycles. The van der Waals surface area contributed by atoms with Crippen LogP contribution < -0.4 is 11.1 Å². The monoisotopic (exact) mass is 470 g/mol. The number of carbonyl (C=O) groups excluding carboxylic acids is 3. The van der Waals surface area contributed by atoms with Crippen molar-refractivity contribution in [2.75, 3.05) is 18.4 Å². The van der Waals surface area contributed by atoms with Crippen molar-refractivity contribution in [1.82, 2.24) is 19.3 Å². The summed E-state index contributed by atoms with van der Waals surface area (Å²) in [4.78, 5) is 47.4. The molecule has 3 amide bonds. The lowest BCUT2D eigenvalue weighted by atomic mass is 10.1. The van der Waals surface area contributed by atoms with E-state index >= 15 is 0 Å². The first-order chi connectivity index (χ1) is 16.9. The highest BCUT2D eigenvalue weighted by Gasteiger charge is 2.20. The standard InChI is InChI=1S/C25H22N6O4/c1-3-11-30(12-4-2)25(34)16-7-9-17(10-8-16)28-24(33)18-14-19(20-6-5-13-35-20)31-15-27-21(22(26)32)23(31)29-18/h3-10,13-15H,1-2,11-12H2,(H2,26,32)(H,28,33). The third kappa shape index (κ3) is 4.71. The predicted molar refractivity (Wildman–Crippen MR) is 130 cm³/mol. The Morgan fingerprint density at radius 3 is 2.43 bits per heavy atom. The van der Waals surface area contributed by atoms with Gasteiger partial charge < -0.3 is 20.4 Å². The molecule has 4 rings (SSSR count). The topological polar surface area (TPSA) is 136 Å². The van der Waals surface area contributed by atoms with E-state index < -0.39 is 11.8 Å². The van der Waals surface area contributed by atoms with E-state index in [1.165, 1.54) is 23.1 Å². The van der Waals surface area contributed by atoms with Gasteiger partial charge in [0.05, 0.1) is 12.0 Å². The normalized spacial score (nSPS) is 10.6. The van der Waals surface area contributed by atoms with Crippen LogP contribution in [0.25, 0.3) is 17.1 Å². The minimum absolute atomic E-state index is 0.0233. The average molecular weight is 470 g/mol. The zero-order valence-corrected chi connectivity index (χ0v) is 18.7. The quantitative estimate of drug-likeness (QED) is 0.361. The Morgan fingerprint density at radius 1 is 1.11 bits per heavy atom. The lowest BCUT2D eigenvalue weighted by molar-refractivity contribution is 0.0790. The molecule has 0 aliphatic carbocycles. The fourth-order valence-corrected chi connectivity index (χ4v) is 3.50. The number of hydrogen-bond acceptors (Lipinski definition) is 6. The van der Waals surface area contributed by atoms with Crippen LogP contribution in [-0.2, 0) is 0 Å². The molecule has 0 spiro atoms. The van der Waals surface area contributed by atoms with Crippen molar-refractivity contribution >= 4 is 29.1 Å². The number of nitrogens with two attached hydrogens (primary N) is 1. The summed E-state index contributed by atoms with van der Waals surface area (Å²) in [5, 5.41) is 2.75. The second kappa shape index (κ2) is 9.87. The van der Waals surface area contributed by atoms with Gasteiger partial charge in [0.15, 0.2) is 17.1 Å². The van der Waals surface area contributed by atoms with Crippen molar-refractivity contribution in [2.45, 2.75) is 0 Å². The molecule has 0 radical (unpaired) electrons. The molecule has 10 nitrogen and oxygen atoms in total. The maximum Gasteiger partial charge on any atom is 0.274 e. The fourth-order valence-electron chi connectivity index (χ4n) is 3.50. The number of carbonyl (C=O) groups is 3. The van der Waals surface area contributed by atoms with E-state index in [-0.39, 0.29) is 22.9 Å². The summed E-state index contributed by atoms with van der Waals surface area (Å²) >= 11 is 0. The highest BCUT2D eigenvalue weighted by atomic mass is 16.3. The van der Waals surface area contributed by atoms with Gasteiger partial charge in [-0.3, -0.25) is 18.8 Å². The van der Waals surface area contributed by atoms with Crippen molar-refractivity contribution in [3.05, 3.63) is 97.3 Å². The molecule has 0 unspecified atom stereocenters. The molecule has 0 aliphatic heterocycles. The summed E-state index contributed by atoms with van der Waals surface area (Å²) in [7, 11) is 0. The van der Waals surface area contributed by atoms with Gasteiger partial charge >= 0.3 is 0 Å². The van der Waals surface area contributed by atoms with Crippen LogP contribution in [0.2, 0.25) is 0 Å². The molecule has 35 heavy (non-hydrogen) atoms. The van der Waals surface area contributed by atoms with E-state index in [4.69, 9.17) is 10.2 Å². The largest absolute Gasteiger partial charge is 0.463 e. The molecule has 0 atom stereocenters. The molecule has 4 aromatic rings. The highest BCUT2D eigenvalue weighted by molar-refractivity contribution is 6.05. The first kappa shape index (κ1) is 23.2. The summed E-state index contributed by atoms with van der Waals surface area (Å²) in [6.07, 6.45) is 6.16. The number of primary amides is 1. The summed E-state index contributed by atoms with van der Waals surface area (Å²) in [5.41, 5.74) is 6.88. The van der Waals surface area contributed by atoms with Crippen LogP contribution in [0.15, 0.2) is 84.8 Å². The van der Waals surface area contributed by atoms with Crippen LogP contribution in [0, 0.1) is 0 Å². The summed E-state index contributed by atoms with van der Waals surface area (Å²) in [6, 6.07) is 11.4. The Bertz CT molecular complexity index is 1410. The van der Waals surface area contributed by atoms with E-state index in [2.05, 4.69) is 28.4 Å². The molecule has 0 saturated heterocycles. The Labute approximate surface area is 200 Å². The lowest BCUT2D eigenvalue weighted by Crippen LogP contribution is -2.31. The van der Waals surface area contributed by atoms with Crippen molar-refractivity contribution in [3.8, 4) is 11.5 Å². The molecule has 0 aliphatic rings. The minimum Gasteiger partial charge on any atom is -0.463 e. The lowest BCUT2D eigenvalue weighted by Gasteiger charge is -2.19. The van der Waals surface area contributed by atoms with Gasteiger partial charge in [-0.1, -0.05) is 12.2 Å². The highest BCUT2D eigenvalue weighted by Crippen LogP contribution is 2.24. The Hall–Kier alpha value is -4.99. The smallest absolute Gasteiger partial charge is 0.274 e. The Morgan fingerprint density at radius 2 is 1.83 bits per heavy atom. The number of nitrogens with one attached hydrogen (secondary N) is 1. The van der Waals surface area contributed by atoms with Gasteiger partial charge in [0.25, 0.3) is 17.7 Å². The predicted octanol–water partition coefficient (Wildman–Crippen LogP) is 3.15. The van der Waals surface area contributed by atoms with Crippen molar-refractivity contribution in [3.63, 3.8) is 0 Å². The van der Waals surface area contributed by atoms with Gasteiger partial charge in [-0.2, -0.15) is 0 Å². The fraction of sp³-hybridized carbons (Fsp3) is 0.0800. The van der Waals surface area contributed by atoms with Gasteiger partial charge in [-0.15, -0.1) is 13.2 Å². The van der Waals surface area contributed by atoms with Crippen LogP contribution in [-0.4, -0.2) is 50.1 Å². The molecule has 176 valence electrons. The van der Waals surface area contributed by atoms with Gasteiger partial charge in [0.1, 0.15) is 12.0 Å². The number of amides is 3. The van der Waals surface area contributed by atoms with E-state index in [9.17, 15) is 14.4 Å². The van der Waals surface area contributed by atoms with Crippen molar-refractivity contribution in [2.24, 2.45) is 5.73 Å². The molecular formula is C25H22N6O4. The van der Waals surface area contributed by atoms with Crippen LogP contribution in [0.4, 0.5) is 5.69 Å². The van der Waals surface area contributed by atoms with Crippen LogP contribution in [0.5, 0.6) is 0 Å². The van der Waals surface area contributed by atoms with Gasteiger partial charge in [-0.05, 0) is 42.5 Å². The van der Waals surface area contributed by atoms with Crippen LogP contribution in [0.1, 0.15) is 31.3 Å². The van der Waals surface area contributed by atoms with E-state index in [0.717, 1.165) is 0 Å². The van der Waals surface area contributed by atoms with E-state index in [1.807, 2.05) is 0 Å². The average Bonchev–Trinajstić information content (AvgIpc) is 3.53. The number of rotatable bonds is 9. The number of furan rings is 1. The molecule has 3 aromatic heterocycles. The van der Waals surface area contributed by atoms with Gasteiger partial charge in [-0.25, -0.2) is 9.97 Å². The van der Waals surface area contributed by atoms with Crippen molar-refractivity contribution < 1.29 is 18.8 Å². The molecule has 0 saturated carbocycles. The maximum atomic E-state index is 13.0. The Balaban J connectivity index is 1.62. The molecule has 0 bridgehead atoms. The number of fused-ring (bicyclic) bond motifs is 1. The second-order valence-corrected chi connectivity index (χ2v) is 7.47. The number of imidazole rings is 1. The van der Waals surface area contributed by atoms with E-state index in [1.54, 1.807) is 53.5 Å². The van der Waals surface area contributed by atoms with Gasteiger partial charge in [0.2, 0.25) is 0 Å². The third-order valence-corrected chi connectivity index (χ3v) is 5.12. The zero-order chi connectivity index (χ0) is 24.9. The number of aromatic nitrogens is 3. The molecule has 3 N–H and O–H groups in total. The van der Waals surface area contributed by atoms with E-state index in [0.29, 0.717) is 35.8 Å². The molecule has 1 aromatic carbocycles. The number of anilines is 1. The Kier molecular flexibility index (Phi) is 6.54. The minimum atomic E-state index is -0.773. The zero-order valence-electron chi connectivity index (χ0n) is 18.7. The van der Waals surface area contributed by atoms with Crippen molar-refractivity contribution in [1.29, 1.82) is 0 Å². The summed E-state index contributed by atoms with van der Waals surface area (Å²) in [5.74, 6) is -1.04. The first-order valence-electron chi connectivity index (χ1n) is 10.6.